The molecule has 3 heterocycles. The third-order valence-electron chi connectivity index (χ3n) is 4.03. The Bertz CT molecular complexity index is 524. The van der Waals surface area contributed by atoms with Crippen molar-refractivity contribution in [2.75, 3.05) is 50.0 Å². The van der Waals surface area contributed by atoms with E-state index in [2.05, 4.69) is 27.1 Å². The first-order chi connectivity index (χ1) is 9.65. The largest absolute Gasteiger partial charge is 0.477 e. The van der Waals surface area contributed by atoms with Gasteiger partial charge in [-0.15, -0.1) is 0 Å². The van der Waals surface area contributed by atoms with E-state index in [9.17, 15) is 9.90 Å². The minimum absolute atomic E-state index is 0.154. The SMILES string of the molecule is CN1CCN(c2cc(C(=O)O)nc3c2NCCC3)CC1. The molecule has 20 heavy (non-hydrogen) atoms. The topological polar surface area (TPSA) is 68.7 Å². The van der Waals surface area contributed by atoms with Crippen LogP contribution in [-0.2, 0) is 6.42 Å². The smallest absolute Gasteiger partial charge is 0.354 e. The van der Waals surface area contributed by atoms with Crippen LogP contribution >= 0.6 is 0 Å². The maximum atomic E-state index is 11.3. The summed E-state index contributed by atoms with van der Waals surface area (Å²) in [6.45, 7) is 4.78. The Kier molecular flexibility index (Phi) is 3.48. The number of anilines is 2. The average Bonchev–Trinajstić information content (AvgIpc) is 2.47. The second-order valence-electron chi connectivity index (χ2n) is 5.47. The summed E-state index contributed by atoms with van der Waals surface area (Å²) in [7, 11) is 2.11. The fraction of sp³-hybridized carbons (Fsp3) is 0.571. The van der Waals surface area contributed by atoms with Crippen molar-refractivity contribution in [1.82, 2.24) is 9.88 Å². The Morgan fingerprint density at radius 3 is 2.80 bits per heavy atom. The maximum Gasteiger partial charge on any atom is 0.354 e. The number of rotatable bonds is 2. The van der Waals surface area contributed by atoms with Crippen molar-refractivity contribution < 1.29 is 9.90 Å². The van der Waals surface area contributed by atoms with Crippen molar-refractivity contribution in [3.63, 3.8) is 0 Å². The Morgan fingerprint density at radius 2 is 2.10 bits per heavy atom. The van der Waals surface area contributed by atoms with Crippen molar-refractivity contribution in [3.05, 3.63) is 17.5 Å². The fourth-order valence-electron chi connectivity index (χ4n) is 2.83. The van der Waals surface area contributed by atoms with Crippen molar-refractivity contribution in [1.29, 1.82) is 0 Å². The lowest BCUT2D eigenvalue weighted by Crippen LogP contribution is -2.45. The zero-order chi connectivity index (χ0) is 14.1. The van der Waals surface area contributed by atoms with Gasteiger partial charge in [-0.2, -0.15) is 0 Å². The number of aromatic nitrogens is 1. The average molecular weight is 276 g/mol. The van der Waals surface area contributed by atoms with E-state index in [-0.39, 0.29) is 5.69 Å². The Hall–Kier alpha value is -1.82. The Morgan fingerprint density at radius 1 is 1.35 bits per heavy atom. The quantitative estimate of drug-likeness (QED) is 0.836. The predicted octanol–water partition coefficient (Wildman–Crippen LogP) is 0.890. The molecule has 6 heteroatoms. The van der Waals surface area contributed by atoms with Crippen LogP contribution in [0.25, 0.3) is 0 Å². The molecule has 1 aromatic rings. The Labute approximate surface area is 118 Å². The van der Waals surface area contributed by atoms with Crippen LogP contribution in [0.4, 0.5) is 11.4 Å². The summed E-state index contributed by atoms with van der Waals surface area (Å²) in [5.41, 5.74) is 3.08. The molecule has 0 aromatic carbocycles. The Balaban J connectivity index is 1.99. The van der Waals surface area contributed by atoms with Gasteiger partial charge in [0, 0.05) is 32.7 Å². The highest BCUT2D eigenvalue weighted by Crippen LogP contribution is 2.33. The van der Waals surface area contributed by atoms with Gasteiger partial charge < -0.3 is 20.2 Å². The number of nitrogens with one attached hydrogen (secondary N) is 1. The number of aryl methyl sites for hydroxylation is 1. The lowest BCUT2D eigenvalue weighted by atomic mass is 10.1. The molecular formula is C14H20N4O2. The molecule has 0 spiro atoms. The zero-order valence-corrected chi connectivity index (χ0v) is 11.7. The number of carboxylic acids is 1. The van der Waals surface area contributed by atoms with Crippen molar-refractivity contribution >= 4 is 17.3 Å². The van der Waals surface area contributed by atoms with Crippen LogP contribution < -0.4 is 10.2 Å². The molecule has 0 bridgehead atoms. The van der Waals surface area contributed by atoms with Gasteiger partial charge >= 0.3 is 5.97 Å². The number of pyridine rings is 1. The normalized spacial score (nSPS) is 19.4. The summed E-state index contributed by atoms with van der Waals surface area (Å²) in [5.74, 6) is -0.950. The van der Waals surface area contributed by atoms with Gasteiger partial charge in [-0.1, -0.05) is 0 Å². The minimum atomic E-state index is -0.950. The van der Waals surface area contributed by atoms with Crippen molar-refractivity contribution in [3.8, 4) is 0 Å². The minimum Gasteiger partial charge on any atom is -0.477 e. The number of piperazine rings is 1. The molecule has 0 atom stereocenters. The summed E-state index contributed by atoms with van der Waals surface area (Å²) in [6, 6.07) is 1.71. The van der Waals surface area contributed by atoms with E-state index in [1.807, 2.05) is 0 Å². The molecule has 3 rings (SSSR count). The third-order valence-corrected chi connectivity index (χ3v) is 4.03. The van der Waals surface area contributed by atoms with Crippen molar-refractivity contribution in [2.24, 2.45) is 0 Å². The van der Waals surface area contributed by atoms with Crippen LogP contribution in [0.3, 0.4) is 0 Å². The lowest BCUT2D eigenvalue weighted by molar-refractivity contribution is 0.0690. The number of likely N-dealkylation sites (N-methyl/N-ethyl adjacent to an activating group) is 1. The molecule has 2 N–H and O–H groups in total. The van der Waals surface area contributed by atoms with E-state index in [1.54, 1.807) is 6.07 Å². The first-order valence-corrected chi connectivity index (χ1v) is 7.10. The fourth-order valence-corrected chi connectivity index (χ4v) is 2.83. The molecule has 108 valence electrons. The van der Waals surface area contributed by atoms with Crippen LogP contribution in [0.1, 0.15) is 22.6 Å². The third kappa shape index (κ3) is 2.43. The van der Waals surface area contributed by atoms with Crippen LogP contribution in [0.5, 0.6) is 0 Å². The predicted molar refractivity (Wildman–Crippen MR) is 77.7 cm³/mol. The van der Waals surface area contributed by atoms with E-state index in [4.69, 9.17) is 0 Å². The maximum absolute atomic E-state index is 11.3. The number of hydrogen-bond donors (Lipinski definition) is 2. The van der Waals surface area contributed by atoms with Crippen LogP contribution in [0.15, 0.2) is 6.07 Å². The van der Waals surface area contributed by atoms with Crippen LogP contribution in [0.2, 0.25) is 0 Å². The van der Waals surface area contributed by atoms with E-state index >= 15 is 0 Å². The number of nitrogens with zero attached hydrogens (tertiary/aromatic N) is 3. The number of fused-ring (bicyclic) bond motifs is 1. The van der Waals surface area contributed by atoms with Crippen LogP contribution in [-0.4, -0.2) is 60.7 Å². The molecule has 1 aromatic heterocycles. The van der Waals surface area contributed by atoms with Gasteiger partial charge in [0.2, 0.25) is 0 Å². The lowest BCUT2D eigenvalue weighted by Gasteiger charge is -2.36. The van der Waals surface area contributed by atoms with E-state index in [0.29, 0.717) is 0 Å². The second kappa shape index (κ2) is 5.28. The zero-order valence-electron chi connectivity index (χ0n) is 11.7. The molecule has 0 radical (unpaired) electrons. The van der Waals surface area contributed by atoms with E-state index < -0.39 is 5.97 Å². The van der Waals surface area contributed by atoms with Crippen molar-refractivity contribution in [2.45, 2.75) is 12.8 Å². The van der Waals surface area contributed by atoms with E-state index in [0.717, 1.165) is 62.6 Å². The van der Waals surface area contributed by atoms with Gasteiger partial charge in [-0.25, -0.2) is 9.78 Å². The molecule has 0 unspecified atom stereocenters. The summed E-state index contributed by atoms with van der Waals surface area (Å²) < 4.78 is 0. The van der Waals surface area contributed by atoms with Gasteiger partial charge in [0.05, 0.1) is 17.1 Å². The van der Waals surface area contributed by atoms with Gasteiger partial charge in [0.15, 0.2) is 5.69 Å². The molecule has 0 amide bonds. The summed E-state index contributed by atoms with van der Waals surface area (Å²) in [6.07, 6.45) is 1.86. The summed E-state index contributed by atoms with van der Waals surface area (Å²) in [5, 5.41) is 12.6. The highest BCUT2D eigenvalue weighted by Gasteiger charge is 2.23. The molecule has 0 saturated carbocycles. The highest BCUT2D eigenvalue weighted by molar-refractivity contribution is 5.89. The number of carbonyl (C=O) groups is 1. The first-order valence-electron chi connectivity index (χ1n) is 7.10. The van der Waals surface area contributed by atoms with E-state index in [1.165, 1.54) is 0 Å². The number of hydrogen-bond acceptors (Lipinski definition) is 5. The second-order valence-corrected chi connectivity index (χ2v) is 5.47. The molecular weight excluding hydrogens is 256 g/mol. The standard InChI is InChI=1S/C14H20N4O2/c1-17-5-7-18(8-6-17)12-9-11(14(19)20)16-10-3-2-4-15-13(10)12/h9,15H,2-8H2,1H3,(H,19,20). The van der Waals surface area contributed by atoms with Gasteiger partial charge in [-0.3, -0.25) is 0 Å². The number of carboxylic acid groups (broad SMARTS) is 1. The summed E-state index contributed by atoms with van der Waals surface area (Å²) in [4.78, 5) is 20.1. The van der Waals surface area contributed by atoms with Gasteiger partial charge in [0.1, 0.15) is 0 Å². The molecule has 1 saturated heterocycles. The highest BCUT2D eigenvalue weighted by atomic mass is 16.4. The molecule has 0 aliphatic carbocycles. The summed E-state index contributed by atoms with van der Waals surface area (Å²) >= 11 is 0. The molecule has 2 aliphatic rings. The van der Waals surface area contributed by atoms with Gasteiger partial charge in [-0.05, 0) is 26.0 Å². The number of aromatic carboxylic acids is 1. The molecule has 2 aliphatic heterocycles. The molecule has 1 fully saturated rings. The first kappa shape index (κ1) is 13.2. The van der Waals surface area contributed by atoms with Crippen LogP contribution in [0, 0.1) is 0 Å². The molecule has 6 nitrogen and oxygen atoms in total. The van der Waals surface area contributed by atoms with Gasteiger partial charge in [0.25, 0.3) is 0 Å². The monoisotopic (exact) mass is 276 g/mol.